The molecule has 0 aromatic carbocycles. The van der Waals surface area contributed by atoms with Gasteiger partial charge in [0, 0.05) is 25.0 Å². The van der Waals surface area contributed by atoms with E-state index in [1.807, 2.05) is 13.8 Å². The smallest absolute Gasteiger partial charge is 0.221 e. The summed E-state index contributed by atoms with van der Waals surface area (Å²) in [6, 6.07) is 0.411. The zero-order valence-electron chi connectivity index (χ0n) is 12.1. The summed E-state index contributed by atoms with van der Waals surface area (Å²) < 4.78 is 0. The summed E-state index contributed by atoms with van der Waals surface area (Å²) in [6.07, 6.45) is 4.28. The second-order valence-electron chi connectivity index (χ2n) is 5.89. The topological polar surface area (TPSA) is 58.4 Å². The molecule has 0 aliphatic carbocycles. The average molecular weight is 255 g/mol. The lowest BCUT2D eigenvalue weighted by Gasteiger charge is -2.29. The lowest BCUT2D eigenvalue weighted by molar-refractivity contribution is -0.122. The maximum atomic E-state index is 11.8. The summed E-state index contributed by atoms with van der Waals surface area (Å²) >= 11 is 0. The van der Waals surface area contributed by atoms with Crippen LogP contribution in [0, 0.1) is 5.92 Å². The third-order valence-electron chi connectivity index (χ3n) is 3.71. The fourth-order valence-corrected chi connectivity index (χ4v) is 2.61. The summed E-state index contributed by atoms with van der Waals surface area (Å²) in [5, 5.41) is 2.95. The largest absolute Gasteiger partial charge is 0.354 e. The van der Waals surface area contributed by atoms with Crippen molar-refractivity contribution >= 4 is 5.91 Å². The molecule has 4 nitrogen and oxygen atoms in total. The van der Waals surface area contributed by atoms with Crippen LogP contribution in [-0.2, 0) is 4.79 Å². The normalized spacial score (nSPS) is 23.7. The lowest BCUT2D eigenvalue weighted by atomic mass is 10.0. The number of rotatable bonds is 5. The summed E-state index contributed by atoms with van der Waals surface area (Å²) in [5.74, 6) is 0.927. The van der Waals surface area contributed by atoms with Crippen LogP contribution in [0.1, 0.15) is 46.5 Å². The van der Waals surface area contributed by atoms with Gasteiger partial charge in [0.2, 0.25) is 5.91 Å². The molecular weight excluding hydrogens is 226 g/mol. The van der Waals surface area contributed by atoms with Crippen molar-refractivity contribution in [3.8, 4) is 0 Å². The number of nitrogens with one attached hydrogen (secondary N) is 1. The molecule has 2 atom stereocenters. The van der Waals surface area contributed by atoms with E-state index in [4.69, 9.17) is 5.73 Å². The van der Waals surface area contributed by atoms with E-state index in [0.29, 0.717) is 13.0 Å². The van der Waals surface area contributed by atoms with Gasteiger partial charge >= 0.3 is 0 Å². The van der Waals surface area contributed by atoms with Crippen molar-refractivity contribution in [1.29, 1.82) is 0 Å². The number of likely N-dealkylation sites (tertiary alicyclic amines) is 1. The molecule has 0 saturated carbocycles. The summed E-state index contributed by atoms with van der Waals surface area (Å²) in [6.45, 7) is 9.03. The predicted molar refractivity (Wildman–Crippen MR) is 75.3 cm³/mol. The second kappa shape index (κ2) is 7.74. The summed E-state index contributed by atoms with van der Waals surface area (Å²) in [7, 11) is 0. The van der Waals surface area contributed by atoms with Crippen LogP contribution in [0.25, 0.3) is 0 Å². The minimum absolute atomic E-state index is 0.123. The molecule has 2 unspecified atom stereocenters. The van der Waals surface area contributed by atoms with Crippen molar-refractivity contribution in [2.24, 2.45) is 11.7 Å². The van der Waals surface area contributed by atoms with Crippen molar-refractivity contribution in [3.05, 3.63) is 0 Å². The Balaban J connectivity index is 2.46. The van der Waals surface area contributed by atoms with Crippen molar-refractivity contribution in [2.45, 2.75) is 58.5 Å². The maximum Gasteiger partial charge on any atom is 0.221 e. The van der Waals surface area contributed by atoms with Crippen LogP contribution in [0.4, 0.5) is 0 Å². The first kappa shape index (κ1) is 15.4. The molecule has 0 aromatic rings. The molecule has 1 aliphatic heterocycles. The molecule has 0 spiro atoms. The number of hydrogen-bond donors (Lipinski definition) is 2. The molecule has 0 aromatic heterocycles. The van der Waals surface area contributed by atoms with Crippen LogP contribution in [0.5, 0.6) is 0 Å². The van der Waals surface area contributed by atoms with E-state index in [9.17, 15) is 4.79 Å². The first-order valence-corrected chi connectivity index (χ1v) is 7.26. The monoisotopic (exact) mass is 255 g/mol. The van der Waals surface area contributed by atoms with Gasteiger partial charge in [-0.3, -0.25) is 9.69 Å². The van der Waals surface area contributed by atoms with Gasteiger partial charge in [0.15, 0.2) is 0 Å². The van der Waals surface area contributed by atoms with Crippen molar-refractivity contribution < 1.29 is 4.79 Å². The second-order valence-corrected chi connectivity index (χ2v) is 5.89. The van der Waals surface area contributed by atoms with Crippen LogP contribution in [0.2, 0.25) is 0 Å². The Morgan fingerprint density at radius 1 is 1.39 bits per heavy atom. The lowest BCUT2D eigenvalue weighted by Crippen LogP contribution is -2.45. The van der Waals surface area contributed by atoms with E-state index in [1.165, 1.54) is 19.3 Å². The van der Waals surface area contributed by atoms with Crippen molar-refractivity contribution in [1.82, 2.24) is 10.2 Å². The van der Waals surface area contributed by atoms with Crippen LogP contribution < -0.4 is 11.1 Å². The van der Waals surface area contributed by atoms with Gasteiger partial charge in [-0.25, -0.2) is 0 Å². The highest BCUT2D eigenvalue weighted by Crippen LogP contribution is 2.18. The Morgan fingerprint density at radius 3 is 2.72 bits per heavy atom. The Bertz CT molecular complexity index is 255. The Kier molecular flexibility index (Phi) is 6.65. The van der Waals surface area contributed by atoms with Crippen molar-refractivity contribution in [2.75, 3.05) is 19.6 Å². The van der Waals surface area contributed by atoms with Gasteiger partial charge in [-0.1, -0.05) is 6.92 Å². The quantitative estimate of drug-likeness (QED) is 0.779. The summed E-state index contributed by atoms with van der Waals surface area (Å²) in [4.78, 5) is 14.2. The fraction of sp³-hybridized carbons (Fsp3) is 0.929. The standard InChI is InChI=1S/C14H29N3O/c1-11(2)16-14(18)9-13(10-15)17-7-4-5-12(3)6-8-17/h11-13H,4-10,15H2,1-3H3,(H,16,18). The molecule has 3 N–H and O–H groups in total. The molecule has 1 aliphatic rings. The molecule has 1 amide bonds. The zero-order chi connectivity index (χ0) is 13.5. The molecule has 4 heteroatoms. The Labute approximate surface area is 111 Å². The predicted octanol–water partition coefficient (Wildman–Crippen LogP) is 1.35. The molecule has 1 rings (SSSR count). The molecular formula is C14H29N3O. The Hall–Kier alpha value is -0.610. The number of nitrogens with two attached hydrogens (primary N) is 1. The number of carbonyl (C=O) groups excluding carboxylic acids is 1. The first-order valence-electron chi connectivity index (χ1n) is 7.26. The molecule has 1 saturated heterocycles. The van der Waals surface area contributed by atoms with E-state index >= 15 is 0 Å². The van der Waals surface area contributed by atoms with Crippen LogP contribution >= 0.6 is 0 Å². The van der Waals surface area contributed by atoms with Gasteiger partial charge < -0.3 is 11.1 Å². The Morgan fingerprint density at radius 2 is 2.11 bits per heavy atom. The van der Waals surface area contributed by atoms with Gasteiger partial charge in [-0.2, -0.15) is 0 Å². The SMILES string of the molecule is CC1CCCN(C(CN)CC(=O)NC(C)C)CC1. The maximum absolute atomic E-state index is 11.8. The fourth-order valence-electron chi connectivity index (χ4n) is 2.61. The average Bonchev–Trinajstić information content (AvgIpc) is 2.50. The zero-order valence-corrected chi connectivity index (χ0v) is 12.1. The van der Waals surface area contributed by atoms with Gasteiger partial charge in [-0.05, 0) is 52.1 Å². The van der Waals surface area contributed by atoms with E-state index in [-0.39, 0.29) is 18.0 Å². The minimum atomic E-state index is 0.123. The number of hydrogen-bond acceptors (Lipinski definition) is 3. The van der Waals surface area contributed by atoms with E-state index in [0.717, 1.165) is 19.0 Å². The van der Waals surface area contributed by atoms with Gasteiger partial charge in [-0.15, -0.1) is 0 Å². The molecule has 106 valence electrons. The van der Waals surface area contributed by atoms with Gasteiger partial charge in [0.05, 0.1) is 0 Å². The third-order valence-corrected chi connectivity index (χ3v) is 3.71. The third kappa shape index (κ3) is 5.36. The number of nitrogens with zero attached hydrogens (tertiary/aromatic N) is 1. The van der Waals surface area contributed by atoms with Crippen LogP contribution in [-0.4, -0.2) is 42.5 Å². The molecule has 0 bridgehead atoms. The molecule has 0 radical (unpaired) electrons. The number of carbonyl (C=O) groups is 1. The van der Waals surface area contributed by atoms with Crippen molar-refractivity contribution in [3.63, 3.8) is 0 Å². The summed E-state index contributed by atoms with van der Waals surface area (Å²) in [5.41, 5.74) is 5.85. The highest BCUT2D eigenvalue weighted by Gasteiger charge is 2.22. The van der Waals surface area contributed by atoms with E-state index in [2.05, 4.69) is 17.1 Å². The number of amides is 1. The first-order chi connectivity index (χ1) is 8.52. The minimum Gasteiger partial charge on any atom is -0.354 e. The highest BCUT2D eigenvalue weighted by molar-refractivity contribution is 5.76. The van der Waals surface area contributed by atoms with E-state index in [1.54, 1.807) is 0 Å². The molecule has 1 fully saturated rings. The molecule has 18 heavy (non-hydrogen) atoms. The van der Waals surface area contributed by atoms with Crippen LogP contribution in [0.15, 0.2) is 0 Å². The highest BCUT2D eigenvalue weighted by atomic mass is 16.1. The molecule has 1 heterocycles. The van der Waals surface area contributed by atoms with Gasteiger partial charge in [0.1, 0.15) is 0 Å². The van der Waals surface area contributed by atoms with E-state index < -0.39 is 0 Å². The van der Waals surface area contributed by atoms with Crippen LogP contribution in [0.3, 0.4) is 0 Å². The van der Waals surface area contributed by atoms with Gasteiger partial charge in [0.25, 0.3) is 0 Å².